The summed E-state index contributed by atoms with van der Waals surface area (Å²) in [7, 11) is 0. The first-order valence-corrected chi connectivity index (χ1v) is 12.2. The molecule has 16 heteroatoms. The predicted molar refractivity (Wildman–Crippen MR) is 124 cm³/mol. The largest absolute Gasteiger partial charge is 0.477 e. The van der Waals surface area contributed by atoms with E-state index in [4.69, 9.17) is 10.2 Å². The van der Waals surface area contributed by atoms with Crippen molar-refractivity contribution >= 4 is 51.7 Å². The molecule has 0 aromatic carbocycles. The van der Waals surface area contributed by atoms with Crippen LogP contribution >= 0.6 is 23.1 Å². The van der Waals surface area contributed by atoms with Gasteiger partial charge in [0, 0.05) is 28.8 Å². The maximum atomic E-state index is 12.9. The van der Waals surface area contributed by atoms with Gasteiger partial charge in [0.25, 0.3) is 11.8 Å². The second kappa shape index (κ2) is 9.38. The lowest BCUT2D eigenvalue weighted by atomic mass is 10.0. The van der Waals surface area contributed by atoms with Crippen LogP contribution in [0.25, 0.3) is 11.5 Å². The molecule has 2 aliphatic heterocycles. The number of carboxylic acid groups (broad SMARTS) is 1. The summed E-state index contributed by atoms with van der Waals surface area (Å²) in [5.41, 5.74) is 6.35. The monoisotopic (exact) mass is 529 g/mol. The Balaban J connectivity index is 1.32. The van der Waals surface area contributed by atoms with Crippen molar-refractivity contribution < 1.29 is 33.7 Å². The molecule has 0 spiro atoms. The predicted octanol–water partition coefficient (Wildman–Crippen LogP) is -0.320. The third kappa shape index (κ3) is 4.16. The van der Waals surface area contributed by atoms with E-state index in [1.807, 2.05) is 0 Å². The van der Waals surface area contributed by atoms with Crippen LogP contribution in [0.15, 0.2) is 57.1 Å². The molecular formula is C20H17N8O6S2+. The lowest BCUT2D eigenvalue weighted by Gasteiger charge is -2.49. The fourth-order valence-electron chi connectivity index (χ4n) is 3.85. The molecule has 5 rings (SSSR count). The second-order valence-corrected chi connectivity index (χ2v) is 9.64. The van der Waals surface area contributed by atoms with Crippen molar-refractivity contribution in [3.8, 4) is 11.5 Å². The SMILES string of the molecule is Nc1nc(C(=NO)C(=O)N[C@@H]2C(=O)N3C(C(=O)O)=C(C[n+]4ccc(-c5nnco5)cc4)CS[C@@H]23)cs1. The summed E-state index contributed by atoms with van der Waals surface area (Å²) in [5.74, 6) is -1.97. The Bertz CT molecular complexity index is 1400. The molecule has 0 unspecified atom stereocenters. The van der Waals surface area contributed by atoms with Crippen LogP contribution in [0.1, 0.15) is 5.69 Å². The number of amides is 2. The number of pyridine rings is 1. The number of nitrogens with zero attached hydrogens (tertiary/aromatic N) is 6. The summed E-state index contributed by atoms with van der Waals surface area (Å²) in [5, 5.41) is 33.1. The highest BCUT2D eigenvalue weighted by Crippen LogP contribution is 2.40. The third-order valence-electron chi connectivity index (χ3n) is 5.49. The average molecular weight is 530 g/mol. The third-order valence-corrected chi connectivity index (χ3v) is 7.50. The topological polar surface area (TPSA) is 201 Å². The van der Waals surface area contributed by atoms with Crippen molar-refractivity contribution in [2.45, 2.75) is 18.0 Å². The van der Waals surface area contributed by atoms with E-state index in [-0.39, 0.29) is 23.1 Å². The smallest absolute Gasteiger partial charge is 0.352 e. The van der Waals surface area contributed by atoms with Gasteiger partial charge in [-0.05, 0) is 0 Å². The summed E-state index contributed by atoms with van der Waals surface area (Å²) >= 11 is 2.38. The number of β-lactam (4-membered cyclic amide) rings is 1. The van der Waals surface area contributed by atoms with Crippen molar-refractivity contribution in [3.05, 3.63) is 53.3 Å². The van der Waals surface area contributed by atoms with Crippen LogP contribution in [-0.4, -0.2) is 71.1 Å². The van der Waals surface area contributed by atoms with E-state index in [0.29, 0.717) is 22.8 Å². The van der Waals surface area contributed by atoms with Gasteiger partial charge in [-0.15, -0.1) is 33.3 Å². The number of rotatable bonds is 7. The van der Waals surface area contributed by atoms with Crippen LogP contribution in [0.5, 0.6) is 0 Å². The number of oxime groups is 1. The molecule has 14 nitrogen and oxygen atoms in total. The first kappa shape index (κ1) is 23.4. The molecular weight excluding hydrogens is 512 g/mol. The van der Waals surface area contributed by atoms with Gasteiger partial charge >= 0.3 is 5.97 Å². The van der Waals surface area contributed by atoms with Gasteiger partial charge in [0.05, 0.1) is 5.56 Å². The van der Waals surface area contributed by atoms with Gasteiger partial charge in [0.15, 0.2) is 29.8 Å². The summed E-state index contributed by atoms with van der Waals surface area (Å²) < 4.78 is 6.93. The zero-order valence-corrected chi connectivity index (χ0v) is 19.8. The highest BCUT2D eigenvalue weighted by atomic mass is 32.2. The number of nitrogens with one attached hydrogen (secondary N) is 1. The zero-order chi connectivity index (χ0) is 25.4. The number of nitrogens with two attached hydrogens (primary N) is 1. The van der Waals surface area contributed by atoms with Crippen LogP contribution in [0.2, 0.25) is 0 Å². The Hall–Kier alpha value is -4.31. The molecule has 3 aromatic heterocycles. The molecule has 0 saturated carbocycles. The quantitative estimate of drug-likeness (QED) is 0.103. The zero-order valence-electron chi connectivity index (χ0n) is 18.1. The summed E-state index contributed by atoms with van der Waals surface area (Å²) in [6.45, 7) is 0.235. The van der Waals surface area contributed by atoms with Crippen LogP contribution in [0.4, 0.5) is 5.13 Å². The minimum Gasteiger partial charge on any atom is -0.477 e. The first-order valence-electron chi connectivity index (χ1n) is 10.3. The number of anilines is 1. The molecule has 1 saturated heterocycles. The standard InChI is InChI=1S/C20H16N8O6S2/c21-20-23-11(7-36-20)12(26-33)15(29)24-13-17(30)28-14(19(31)32)10(6-35-18(13)28)5-27-3-1-9(2-4-27)16-25-22-8-34-16/h1-4,7-8,13,18H,5-6H2,(H4-,21,23,24,29,31,32,33)/p+1/t13-,18+/m1/s1. The molecule has 0 radical (unpaired) electrons. The van der Waals surface area contributed by atoms with E-state index in [1.165, 1.54) is 28.4 Å². The van der Waals surface area contributed by atoms with Gasteiger partial charge in [-0.3, -0.25) is 14.5 Å². The molecule has 184 valence electrons. The van der Waals surface area contributed by atoms with E-state index >= 15 is 0 Å². The average Bonchev–Trinajstić information content (AvgIpc) is 3.55. The van der Waals surface area contributed by atoms with E-state index in [1.54, 1.807) is 29.1 Å². The Labute approximate surface area is 210 Å². The number of fused-ring (bicyclic) bond motifs is 1. The number of aromatic nitrogens is 4. The minimum atomic E-state index is -1.24. The molecule has 5 N–H and O–H groups in total. The normalized spacial score (nSPS) is 19.6. The maximum absolute atomic E-state index is 12.9. The molecule has 2 aliphatic rings. The number of thiazole rings is 1. The summed E-state index contributed by atoms with van der Waals surface area (Å²) in [4.78, 5) is 42.7. The number of nitrogen functional groups attached to an aromatic ring is 1. The fraction of sp³-hybridized carbons (Fsp3) is 0.200. The minimum absolute atomic E-state index is 0.0629. The lowest BCUT2D eigenvalue weighted by Crippen LogP contribution is -2.71. The number of thioether (sulfide) groups is 1. The molecule has 3 aromatic rings. The Morgan fingerprint density at radius 3 is 2.75 bits per heavy atom. The maximum Gasteiger partial charge on any atom is 0.352 e. The van der Waals surface area contributed by atoms with E-state index < -0.39 is 34.9 Å². The Kier molecular flexibility index (Phi) is 6.11. The van der Waals surface area contributed by atoms with Gasteiger partial charge in [0.2, 0.25) is 12.3 Å². The van der Waals surface area contributed by atoms with Crippen molar-refractivity contribution in [3.63, 3.8) is 0 Å². The second-order valence-electron chi connectivity index (χ2n) is 7.64. The van der Waals surface area contributed by atoms with Gasteiger partial charge in [-0.1, -0.05) is 5.16 Å². The fourth-order valence-corrected chi connectivity index (χ4v) is 5.73. The molecule has 2 atom stereocenters. The van der Waals surface area contributed by atoms with Crippen molar-refractivity contribution in [1.29, 1.82) is 0 Å². The Morgan fingerprint density at radius 1 is 1.36 bits per heavy atom. The van der Waals surface area contributed by atoms with Gasteiger partial charge < -0.3 is 25.8 Å². The number of hydrogen-bond acceptors (Lipinski definition) is 12. The van der Waals surface area contributed by atoms with Gasteiger partial charge in [0.1, 0.15) is 22.8 Å². The number of carbonyl (C=O) groups is 3. The summed E-state index contributed by atoms with van der Waals surface area (Å²) in [6.07, 6.45) is 4.71. The van der Waals surface area contributed by atoms with Crippen LogP contribution < -0.4 is 15.6 Å². The number of hydrogen-bond donors (Lipinski definition) is 4. The molecule has 0 aliphatic carbocycles. The van der Waals surface area contributed by atoms with Crippen molar-refractivity contribution in [2.24, 2.45) is 5.16 Å². The highest BCUT2D eigenvalue weighted by Gasteiger charge is 2.54. The van der Waals surface area contributed by atoms with Gasteiger partial charge in [-0.2, -0.15) is 0 Å². The number of aliphatic carboxylic acids is 1. The molecule has 0 bridgehead atoms. The first-order chi connectivity index (χ1) is 17.4. The van der Waals surface area contributed by atoms with Crippen LogP contribution in [0, 0.1) is 0 Å². The molecule has 1 fully saturated rings. The highest BCUT2D eigenvalue weighted by molar-refractivity contribution is 8.00. The van der Waals surface area contributed by atoms with Gasteiger partial charge in [-0.25, -0.2) is 14.3 Å². The van der Waals surface area contributed by atoms with Crippen LogP contribution in [-0.2, 0) is 20.9 Å². The lowest BCUT2D eigenvalue weighted by molar-refractivity contribution is -0.689. The van der Waals surface area contributed by atoms with E-state index in [0.717, 1.165) is 11.3 Å². The number of carbonyl (C=O) groups excluding carboxylic acids is 2. The van der Waals surface area contributed by atoms with Crippen LogP contribution in [0.3, 0.4) is 0 Å². The number of carboxylic acids is 1. The molecule has 36 heavy (non-hydrogen) atoms. The molecule has 2 amide bonds. The van der Waals surface area contributed by atoms with Crippen molar-refractivity contribution in [1.82, 2.24) is 25.4 Å². The van der Waals surface area contributed by atoms with E-state index in [9.17, 15) is 24.7 Å². The Morgan fingerprint density at radius 2 is 2.14 bits per heavy atom. The summed E-state index contributed by atoms with van der Waals surface area (Å²) in [6, 6.07) is 2.51. The van der Waals surface area contributed by atoms with E-state index in [2.05, 4.69) is 25.7 Å². The van der Waals surface area contributed by atoms with Crippen molar-refractivity contribution in [2.75, 3.05) is 11.5 Å². The molecule has 5 heterocycles.